The molecule has 0 fully saturated rings. The number of hydrogen-bond donors (Lipinski definition) is 1. The summed E-state index contributed by atoms with van der Waals surface area (Å²) in [5.41, 5.74) is 4.86. The Morgan fingerprint density at radius 1 is 0.963 bits per heavy atom. The summed E-state index contributed by atoms with van der Waals surface area (Å²) in [6.07, 6.45) is 5.41. The van der Waals surface area contributed by atoms with Gasteiger partial charge in [0.2, 0.25) is 0 Å². The third kappa shape index (κ3) is 3.86. The van der Waals surface area contributed by atoms with E-state index < -0.39 is 0 Å². The van der Waals surface area contributed by atoms with Crippen molar-refractivity contribution in [2.24, 2.45) is 0 Å². The Balaban J connectivity index is 1.63. The molecule has 2 aromatic carbocycles. The van der Waals surface area contributed by atoms with Crippen molar-refractivity contribution < 1.29 is 4.39 Å². The van der Waals surface area contributed by atoms with E-state index in [0.29, 0.717) is 12.1 Å². The molecule has 4 aromatic rings. The highest BCUT2D eigenvalue weighted by atomic mass is 19.1. The maximum absolute atomic E-state index is 13.7. The van der Waals surface area contributed by atoms with Crippen molar-refractivity contribution in [2.75, 3.05) is 0 Å². The second-order valence-electron chi connectivity index (χ2n) is 6.64. The Kier molecular flexibility index (Phi) is 4.90. The average Bonchev–Trinajstić information content (AvgIpc) is 2.71. The normalized spacial score (nSPS) is 12.2. The van der Waals surface area contributed by atoms with Crippen LogP contribution in [0.15, 0.2) is 79.3 Å². The highest BCUT2D eigenvalue weighted by Gasteiger charge is 2.15. The van der Waals surface area contributed by atoms with Crippen molar-refractivity contribution in [1.82, 2.24) is 15.3 Å². The lowest BCUT2D eigenvalue weighted by Crippen LogP contribution is -2.22. The number of nitrogens with zero attached hydrogens (tertiary/aromatic N) is 2. The molecular weight excluding hydrogens is 337 g/mol. The summed E-state index contributed by atoms with van der Waals surface area (Å²) < 4.78 is 13.7. The van der Waals surface area contributed by atoms with E-state index in [2.05, 4.69) is 33.5 Å². The largest absolute Gasteiger partial charge is 0.302 e. The number of rotatable bonds is 5. The Hall–Kier alpha value is -3.11. The summed E-state index contributed by atoms with van der Waals surface area (Å²) in [6.45, 7) is 2.47. The predicted molar refractivity (Wildman–Crippen MR) is 106 cm³/mol. The number of halogens is 1. The Morgan fingerprint density at radius 2 is 1.85 bits per heavy atom. The fourth-order valence-electron chi connectivity index (χ4n) is 3.28. The quantitative estimate of drug-likeness (QED) is 0.549. The Labute approximate surface area is 157 Å². The van der Waals surface area contributed by atoms with Crippen molar-refractivity contribution in [2.45, 2.75) is 19.5 Å². The van der Waals surface area contributed by atoms with Gasteiger partial charge in [-0.1, -0.05) is 30.3 Å². The molecule has 0 bridgehead atoms. The van der Waals surface area contributed by atoms with E-state index in [4.69, 9.17) is 0 Å². The molecule has 0 saturated carbocycles. The minimum Gasteiger partial charge on any atom is -0.302 e. The van der Waals surface area contributed by atoms with Gasteiger partial charge >= 0.3 is 0 Å². The molecule has 2 heterocycles. The topological polar surface area (TPSA) is 37.8 Å². The lowest BCUT2D eigenvalue weighted by molar-refractivity contribution is 0.593. The Morgan fingerprint density at radius 3 is 2.67 bits per heavy atom. The molecule has 0 aliphatic carbocycles. The van der Waals surface area contributed by atoms with Gasteiger partial charge in [-0.2, -0.15) is 0 Å². The molecule has 0 amide bonds. The number of hydrogen-bond acceptors (Lipinski definition) is 3. The van der Waals surface area contributed by atoms with Gasteiger partial charge in [-0.25, -0.2) is 4.39 Å². The minimum atomic E-state index is -0.189. The van der Waals surface area contributed by atoms with Gasteiger partial charge in [0.25, 0.3) is 0 Å². The number of aryl methyl sites for hydroxylation is 1. The van der Waals surface area contributed by atoms with E-state index in [-0.39, 0.29) is 11.9 Å². The highest BCUT2D eigenvalue weighted by molar-refractivity contribution is 5.78. The molecule has 27 heavy (non-hydrogen) atoms. The maximum atomic E-state index is 13.7. The molecule has 134 valence electrons. The zero-order valence-corrected chi connectivity index (χ0v) is 15.1. The molecule has 0 aliphatic rings. The zero-order valence-electron chi connectivity index (χ0n) is 15.1. The molecule has 0 aliphatic heterocycles. The van der Waals surface area contributed by atoms with Gasteiger partial charge in [0.1, 0.15) is 5.82 Å². The summed E-state index contributed by atoms with van der Waals surface area (Å²) in [5.74, 6) is -0.189. The third-order valence-corrected chi connectivity index (χ3v) is 4.71. The second kappa shape index (κ2) is 7.64. The first-order valence-corrected chi connectivity index (χ1v) is 8.94. The van der Waals surface area contributed by atoms with Crippen molar-refractivity contribution in [3.8, 4) is 0 Å². The predicted octanol–water partition coefficient (Wildman–Crippen LogP) is 4.96. The van der Waals surface area contributed by atoms with Gasteiger partial charge in [-0.3, -0.25) is 9.97 Å². The standard InChI is InChI=1S/C23H20FN3/c1-16-12-19(7-8-21(16)24)23(20-5-2-10-25-15-20)27-14-17-6-9-22-18(13-17)4-3-11-26-22/h2-13,15,23,27H,14H2,1H3. The fraction of sp³-hybridized carbons (Fsp3) is 0.130. The van der Waals surface area contributed by atoms with Gasteiger partial charge in [0.05, 0.1) is 11.6 Å². The summed E-state index contributed by atoms with van der Waals surface area (Å²) in [6, 6.07) is 19.4. The maximum Gasteiger partial charge on any atom is 0.126 e. The molecule has 0 saturated heterocycles. The van der Waals surface area contributed by atoms with Crippen molar-refractivity contribution >= 4 is 10.9 Å². The summed E-state index contributed by atoms with van der Waals surface area (Å²) in [7, 11) is 0. The number of benzene rings is 2. The van der Waals surface area contributed by atoms with E-state index >= 15 is 0 Å². The van der Waals surface area contributed by atoms with Gasteiger partial charge < -0.3 is 5.32 Å². The van der Waals surface area contributed by atoms with Gasteiger partial charge in [-0.05, 0) is 59.5 Å². The Bertz CT molecular complexity index is 1060. The van der Waals surface area contributed by atoms with E-state index in [1.807, 2.05) is 42.6 Å². The van der Waals surface area contributed by atoms with Crippen LogP contribution in [0.1, 0.15) is 28.3 Å². The second-order valence-corrected chi connectivity index (χ2v) is 6.64. The first-order chi connectivity index (χ1) is 13.2. The highest BCUT2D eigenvalue weighted by Crippen LogP contribution is 2.24. The summed E-state index contributed by atoms with van der Waals surface area (Å²) in [4.78, 5) is 8.61. The molecule has 2 aromatic heterocycles. The summed E-state index contributed by atoms with van der Waals surface area (Å²) >= 11 is 0. The van der Waals surface area contributed by atoms with E-state index in [1.165, 1.54) is 11.6 Å². The van der Waals surface area contributed by atoms with Crippen LogP contribution in [0.25, 0.3) is 10.9 Å². The molecule has 4 heteroatoms. The molecule has 1 unspecified atom stereocenters. The SMILES string of the molecule is Cc1cc(C(NCc2ccc3ncccc3c2)c2cccnc2)ccc1F. The smallest absolute Gasteiger partial charge is 0.126 e. The van der Waals surface area contributed by atoms with Gasteiger partial charge in [0.15, 0.2) is 0 Å². The minimum absolute atomic E-state index is 0.0670. The van der Waals surface area contributed by atoms with Crippen LogP contribution in [-0.4, -0.2) is 9.97 Å². The van der Waals surface area contributed by atoms with E-state index in [1.54, 1.807) is 19.3 Å². The first kappa shape index (κ1) is 17.3. The van der Waals surface area contributed by atoms with Gasteiger partial charge in [-0.15, -0.1) is 0 Å². The van der Waals surface area contributed by atoms with Gasteiger partial charge in [0, 0.05) is 30.5 Å². The van der Waals surface area contributed by atoms with Crippen LogP contribution in [0, 0.1) is 12.7 Å². The monoisotopic (exact) mass is 357 g/mol. The number of nitrogens with one attached hydrogen (secondary N) is 1. The van der Waals surface area contributed by atoms with Crippen molar-refractivity contribution in [3.63, 3.8) is 0 Å². The third-order valence-electron chi connectivity index (χ3n) is 4.71. The molecule has 1 atom stereocenters. The molecule has 0 spiro atoms. The van der Waals surface area contributed by atoms with Crippen LogP contribution in [-0.2, 0) is 6.54 Å². The fourth-order valence-corrected chi connectivity index (χ4v) is 3.28. The van der Waals surface area contributed by atoms with Crippen molar-refractivity contribution in [3.05, 3.63) is 107 Å². The average molecular weight is 357 g/mol. The zero-order chi connectivity index (χ0) is 18.6. The first-order valence-electron chi connectivity index (χ1n) is 8.94. The van der Waals surface area contributed by atoms with Crippen molar-refractivity contribution in [1.29, 1.82) is 0 Å². The number of fused-ring (bicyclic) bond motifs is 1. The summed E-state index contributed by atoms with van der Waals surface area (Å²) in [5, 5.41) is 4.72. The van der Waals surface area contributed by atoms with E-state index in [9.17, 15) is 4.39 Å². The molecule has 3 nitrogen and oxygen atoms in total. The molecule has 0 radical (unpaired) electrons. The van der Waals surface area contributed by atoms with E-state index in [0.717, 1.165) is 22.0 Å². The van der Waals surface area contributed by atoms with Crippen LogP contribution in [0.4, 0.5) is 4.39 Å². The lowest BCUT2D eigenvalue weighted by Gasteiger charge is -2.20. The number of aromatic nitrogens is 2. The van der Waals surface area contributed by atoms with Crippen LogP contribution in [0.2, 0.25) is 0 Å². The van der Waals surface area contributed by atoms with Crippen LogP contribution < -0.4 is 5.32 Å². The lowest BCUT2D eigenvalue weighted by atomic mass is 9.98. The van der Waals surface area contributed by atoms with Crippen LogP contribution >= 0.6 is 0 Å². The molecule has 1 N–H and O–H groups in total. The molecule has 4 rings (SSSR count). The van der Waals surface area contributed by atoms with Crippen LogP contribution in [0.5, 0.6) is 0 Å². The number of pyridine rings is 2. The molecular formula is C23H20FN3. The van der Waals surface area contributed by atoms with Crippen LogP contribution in [0.3, 0.4) is 0 Å².